The minimum Gasteiger partial charge on any atom is -0.300 e. The van der Waals surface area contributed by atoms with Crippen LogP contribution >= 0.6 is 15.9 Å². The summed E-state index contributed by atoms with van der Waals surface area (Å²) < 4.78 is 0. The van der Waals surface area contributed by atoms with E-state index in [0.29, 0.717) is 5.92 Å². The van der Waals surface area contributed by atoms with Crippen molar-refractivity contribution in [3.8, 4) is 0 Å². The third kappa shape index (κ3) is 4.08. The summed E-state index contributed by atoms with van der Waals surface area (Å²) in [7, 11) is 0. The molecule has 2 fully saturated rings. The quantitative estimate of drug-likeness (QED) is 0.746. The molecule has 1 unspecified atom stereocenters. The minimum absolute atomic E-state index is 0.615. The molecule has 1 aromatic rings. The van der Waals surface area contributed by atoms with E-state index in [9.17, 15) is 0 Å². The van der Waals surface area contributed by atoms with E-state index in [2.05, 4.69) is 56.1 Å². The van der Waals surface area contributed by atoms with Gasteiger partial charge in [-0.15, -0.1) is 0 Å². The number of benzene rings is 1. The molecule has 1 heterocycles. The maximum absolute atomic E-state index is 3.71. The molecule has 2 nitrogen and oxygen atoms in total. The summed E-state index contributed by atoms with van der Waals surface area (Å²) in [5.41, 5.74) is 1.47. The van der Waals surface area contributed by atoms with Crippen molar-refractivity contribution in [2.24, 2.45) is 0 Å². The number of piperazine rings is 1. The van der Waals surface area contributed by atoms with Gasteiger partial charge in [0, 0.05) is 50.0 Å². The number of halogens is 1. The lowest BCUT2D eigenvalue weighted by molar-refractivity contribution is 0.0952. The summed E-state index contributed by atoms with van der Waals surface area (Å²) in [6.07, 6.45) is 5.77. The summed E-state index contributed by atoms with van der Waals surface area (Å²) in [6.45, 7) is 6.22. The molecular weight excluding hydrogens is 324 g/mol. The molecule has 0 N–H and O–H groups in total. The SMILES string of the molecule is BrCC(CN1CCN(C2CCCC2)CC1)c1ccccc1. The Morgan fingerprint density at radius 3 is 2.29 bits per heavy atom. The van der Waals surface area contributed by atoms with Crippen LogP contribution in [-0.4, -0.2) is 53.9 Å². The van der Waals surface area contributed by atoms with Gasteiger partial charge in [-0.3, -0.25) is 4.90 Å². The Kier molecular flexibility index (Phi) is 5.73. The normalized spacial score (nSPS) is 23.5. The molecule has 0 bridgehead atoms. The first-order valence-corrected chi connectivity index (χ1v) is 9.56. The number of hydrogen-bond donors (Lipinski definition) is 0. The van der Waals surface area contributed by atoms with Gasteiger partial charge in [0.1, 0.15) is 0 Å². The zero-order valence-corrected chi connectivity index (χ0v) is 14.5. The molecule has 21 heavy (non-hydrogen) atoms. The van der Waals surface area contributed by atoms with Crippen molar-refractivity contribution in [3.63, 3.8) is 0 Å². The van der Waals surface area contributed by atoms with Gasteiger partial charge in [-0.1, -0.05) is 59.1 Å². The number of rotatable bonds is 5. The smallest absolute Gasteiger partial charge is 0.0113 e. The first kappa shape index (κ1) is 15.5. The van der Waals surface area contributed by atoms with Gasteiger partial charge in [0.15, 0.2) is 0 Å². The van der Waals surface area contributed by atoms with Crippen LogP contribution in [0.2, 0.25) is 0 Å². The van der Waals surface area contributed by atoms with Crippen molar-refractivity contribution in [1.29, 1.82) is 0 Å². The van der Waals surface area contributed by atoms with Crippen molar-refractivity contribution in [1.82, 2.24) is 9.80 Å². The van der Waals surface area contributed by atoms with Gasteiger partial charge < -0.3 is 4.90 Å². The summed E-state index contributed by atoms with van der Waals surface area (Å²) in [5, 5.41) is 1.06. The number of alkyl halides is 1. The van der Waals surface area contributed by atoms with Crippen LogP contribution in [-0.2, 0) is 0 Å². The third-order valence-electron chi connectivity index (χ3n) is 5.18. The minimum atomic E-state index is 0.615. The van der Waals surface area contributed by atoms with Crippen LogP contribution in [0, 0.1) is 0 Å². The Labute approximate surface area is 137 Å². The molecule has 1 saturated heterocycles. The first-order valence-electron chi connectivity index (χ1n) is 8.44. The van der Waals surface area contributed by atoms with Gasteiger partial charge in [0.2, 0.25) is 0 Å². The molecule has 0 amide bonds. The Morgan fingerprint density at radius 1 is 1.00 bits per heavy atom. The lowest BCUT2D eigenvalue weighted by Crippen LogP contribution is -2.50. The van der Waals surface area contributed by atoms with Gasteiger partial charge in [0.25, 0.3) is 0 Å². The van der Waals surface area contributed by atoms with E-state index in [1.807, 2.05) is 0 Å². The monoisotopic (exact) mass is 350 g/mol. The average molecular weight is 351 g/mol. The van der Waals surface area contributed by atoms with Crippen LogP contribution in [0.25, 0.3) is 0 Å². The molecule has 0 spiro atoms. The highest BCUT2D eigenvalue weighted by Gasteiger charge is 2.27. The Hall–Kier alpha value is -0.380. The second kappa shape index (κ2) is 7.75. The maximum Gasteiger partial charge on any atom is 0.0113 e. The fourth-order valence-electron chi connectivity index (χ4n) is 3.86. The Morgan fingerprint density at radius 2 is 1.67 bits per heavy atom. The average Bonchev–Trinajstić information content (AvgIpc) is 3.08. The Bertz CT molecular complexity index is 408. The van der Waals surface area contributed by atoms with Crippen LogP contribution in [0.5, 0.6) is 0 Å². The predicted molar refractivity (Wildman–Crippen MR) is 93.2 cm³/mol. The Balaban J connectivity index is 1.50. The fraction of sp³-hybridized carbons (Fsp3) is 0.667. The van der Waals surface area contributed by atoms with Crippen molar-refractivity contribution in [2.75, 3.05) is 38.1 Å². The summed E-state index contributed by atoms with van der Waals surface area (Å²) in [4.78, 5) is 5.40. The van der Waals surface area contributed by atoms with Crippen LogP contribution < -0.4 is 0 Å². The maximum atomic E-state index is 3.71. The van der Waals surface area contributed by atoms with Crippen molar-refractivity contribution in [3.05, 3.63) is 35.9 Å². The predicted octanol–water partition coefficient (Wildman–Crippen LogP) is 3.73. The molecule has 0 aromatic heterocycles. The molecule has 3 heteroatoms. The van der Waals surface area contributed by atoms with Gasteiger partial charge >= 0.3 is 0 Å². The zero-order valence-electron chi connectivity index (χ0n) is 12.9. The molecule has 1 aliphatic heterocycles. The number of nitrogens with zero attached hydrogens (tertiary/aromatic N) is 2. The van der Waals surface area contributed by atoms with Gasteiger partial charge in [-0.05, 0) is 18.4 Å². The molecule has 0 radical (unpaired) electrons. The second-order valence-corrected chi connectivity index (χ2v) is 7.18. The molecule has 1 aromatic carbocycles. The first-order chi connectivity index (χ1) is 10.4. The van der Waals surface area contributed by atoms with E-state index in [1.165, 1.54) is 64.0 Å². The standard InChI is InChI=1S/C18H27BrN2/c19-14-17(16-6-2-1-3-7-16)15-20-10-12-21(13-11-20)18-8-4-5-9-18/h1-3,6-7,17-18H,4-5,8-15H2. The van der Waals surface area contributed by atoms with Gasteiger partial charge in [-0.2, -0.15) is 0 Å². The van der Waals surface area contributed by atoms with E-state index < -0.39 is 0 Å². The van der Waals surface area contributed by atoms with Crippen molar-refractivity contribution < 1.29 is 0 Å². The molecule has 1 aliphatic carbocycles. The lowest BCUT2D eigenvalue weighted by atomic mass is 10.0. The van der Waals surface area contributed by atoms with E-state index in [4.69, 9.17) is 0 Å². The molecule has 1 saturated carbocycles. The third-order valence-corrected chi connectivity index (χ3v) is 5.97. The van der Waals surface area contributed by atoms with Crippen LogP contribution in [0.1, 0.15) is 37.2 Å². The summed E-state index contributed by atoms with van der Waals surface area (Å²) >= 11 is 3.71. The highest BCUT2D eigenvalue weighted by atomic mass is 79.9. The largest absolute Gasteiger partial charge is 0.300 e. The van der Waals surface area contributed by atoms with E-state index in [0.717, 1.165) is 11.4 Å². The molecule has 116 valence electrons. The second-order valence-electron chi connectivity index (χ2n) is 6.54. The van der Waals surface area contributed by atoms with E-state index >= 15 is 0 Å². The van der Waals surface area contributed by atoms with Gasteiger partial charge in [-0.25, -0.2) is 0 Å². The van der Waals surface area contributed by atoms with E-state index in [-0.39, 0.29) is 0 Å². The molecule has 2 aliphatic rings. The van der Waals surface area contributed by atoms with Gasteiger partial charge in [0.05, 0.1) is 0 Å². The highest BCUT2D eigenvalue weighted by Crippen LogP contribution is 2.25. The molecular formula is C18H27BrN2. The van der Waals surface area contributed by atoms with Crippen molar-refractivity contribution >= 4 is 15.9 Å². The van der Waals surface area contributed by atoms with Crippen LogP contribution in [0.15, 0.2) is 30.3 Å². The number of hydrogen-bond acceptors (Lipinski definition) is 2. The van der Waals surface area contributed by atoms with Crippen molar-refractivity contribution in [2.45, 2.75) is 37.6 Å². The van der Waals surface area contributed by atoms with Crippen LogP contribution in [0.3, 0.4) is 0 Å². The van der Waals surface area contributed by atoms with E-state index in [1.54, 1.807) is 0 Å². The topological polar surface area (TPSA) is 6.48 Å². The summed E-state index contributed by atoms with van der Waals surface area (Å²) in [5.74, 6) is 0.615. The summed E-state index contributed by atoms with van der Waals surface area (Å²) in [6, 6.07) is 11.8. The molecule has 1 atom stereocenters. The van der Waals surface area contributed by atoms with Crippen LogP contribution in [0.4, 0.5) is 0 Å². The zero-order chi connectivity index (χ0) is 14.5. The lowest BCUT2D eigenvalue weighted by Gasteiger charge is -2.39. The molecule has 3 rings (SSSR count). The highest BCUT2D eigenvalue weighted by molar-refractivity contribution is 9.09. The fourth-order valence-corrected chi connectivity index (χ4v) is 4.44.